The lowest BCUT2D eigenvalue weighted by Gasteiger charge is -1.95. The Labute approximate surface area is 57.8 Å². The SMILES string of the molecule is IC1CCC2CC12. The lowest BCUT2D eigenvalue weighted by atomic mass is 10.3. The van der Waals surface area contributed by atoms with Gasteiger partial charge >= 0.3 is 0 Å². The highest BCUT2D eigenvalue weighted by atomic mass is 127. The van der Waals surface area contributed by atoms with Crippen LogP contribution in [0.4, 0.5) is 0 Å². The molecule has 3 unspecified atom stereocenters. The summed E-state index contributed by atoms with van der Waals surface area (Å²) in [6.45, 7) is 0. The smallest absolute Gasteiger partial charge is 0.0141 e. The topological polar surface area (TPSA) is 0 Å². The maximum absolute atomic E-state index is 2.60. The van der Waals surface area contributed by atoms with Crippen molar-refractivity contribution < 1.29 is 0 Å². The fourth-order valence-corrected chi connectivity index (χ4v) is 2.87. The van der Waals surface area contributed by atoms with E-state index >= 15 is 0 Å². The molecule has 40 valence electrons. The molecular formula is C6H9I. The first-order valence-electron chi connectivity index (χ1n) is 3.02. The minimum absolute atomic E-state index is 1.06. The third-order valence-corrected chi connectivity index (χ3v) is 3.80. The molecule has 0 amide bonds. The minimum Gasteiger partial charge on any atom is -0.0823 e. The summed E-state index contributed by atoms with van der Waals surface area (Å²) in [4.78, 5) is 0. The van der Waals surface area contributed by atoms with Crippen LogP contribution in [0.15, 0.2) is 0 Å². The summed E-state index contributed by atoms with van der Waals surface area (Å²) in [5.41, 5.74) is 0. The largest absolute Gasteiger partial charge is 0.0823 e. The Kier molecular flexibility index (Phi) is 0.895. The standard InChI is InChI=1S/C6H9I/c7-6-2-1-4-3-5(4)6/h4-6H,1-3H2. The Bertz CT molecular complexity index is 90.2. The Balaban J connectivity index is 2.08. The predicted molar refractivity (Wildman–Crippen MR) is 38.6 cm³/mol. The van der Waals surface area contributed by atoms with Gasteiger partial charge in [0.15, 0.2) is 0 Å². The monoisotopic (exact) mass is 208 g/mol. The molecule has 2 saturated carbocycles. The average Bonchev–Trinajstić information content (AvgIpc) is 2.33. The molecule has 2 aliphatic carbocycles. The van der Waals surface area contributed by atoms with Crippen LogP contribution < -0.4 is 0 Å². The molecule has 1 heteroatoms. The Morgan fingerprint density at radius 1 is 1.29 bits per heavy atom. The van der Waals surface area contributed by atoms with Crippen molar-refractivity contribution in [2.45, 2.75) is 23.2 Å². The van der Waals surface area contributed by atoms with Crippen LogP contribution in [0.2, 0.25) is 0 Å². The number of hydrogen-bond donors (Lipinski definition) is 0. The van der Waals surface area contributed by atoms with Crippen molar-refractivity contribution in [3.8, 4) is 0 Å². The lowest BCUT2D eigenvalue weighted by molar-refractivity contribution is 0.760. The highest BCUT2D eigenvalue weighted by Gasteiger charge is 2.46. The van der Waals surface area contributed by atoms with Crippen molar-refractivity contribution in [2.24, 2.45) is 11.8 Å². The minimum atomic E-state index is 1.06. The molecule has 2 aliphatic rings. The summed E-state index contributed by atoms with van der Waals surface area (Å²) in [5, 5.41) is 0. The van der Waals surface area contributed by atoms with Gasteiger partial charge in [-0.25, -0.2) is 0 Å². The molecule has 0 N–H and O–H groups in total. The third-order valence-electron chi connectivity index (χ3n) is 2.26. The molecule has 0 aromatic carbocycles. The highest BCUT2D eigenvalue weighted by molar-refractivity contribution is 14.1. The van der Waals surface area contributed by atoms with E-state index in [-0.39, 0.29) is 0 Å². The molecule has 2 rings (SSSR count). The lowest BCUT2D eigenvalue weighted by Crippen LogP contribution is -1.91. The van der Waals surface area contributed by atoms with E-state index in [4.69, 9.17) is 0 Å². The average molecular weight is 208 g/mol. The number of halogens is 1. The second kappa shape index (κ2) is 1.36. The van der Waals surface area contributed by atoms with Crippen molar-refractivity contribution in [3.05, 3.63) is 0 Å². The number of rotatable bonds is 0. The van der Waals surface area contributed by atoms with Gasteiger partial charge in [0.2, 0.25) is 0 Å². The van der Waals surface area contributed by atoms with Gasteiger partial charge in [-0.15, -0.1) is 0 Å². The van der Waals surface area contributed by atoms with Crippen molar-refractivity contribution >= 4 is 22.6 Å². The second-order valence-corrected chi connectivity index (χ2v) is 4.35. The second-order valence-electron chi connectivity index (χ2n) is 2.75. The van der Waals surface area contributed by atoms with E-state index in [1.807, 2.05) is 0 Å². The van der Waals surface area contributed by atoms with Crippen molar-refractivity contribution in [1.82, 2.24) is 0 Å². The number of fused-ring (bicyclic) bond motifs is 1. The van der Waals surface area contributed by atoms with Gasteiger partial charge in [-0.2, -0.15) is 0 Å². The van der Waals surface area contributed by atoms with Gasteiger partial charge < -0.3 is 0 Å². The maximum atomic E-state index is 2.60. The molecule has 0 saturated heterocycles. The van der Waals surface area contributed by atoms with Crippen LogP contribution >= 0.6 is 22.6 Å². The van der Waals surface area contributed by atoms with Gasteiger partial charge in [0.05, 0.1) is 0 Å². The normalized spacial score (nSPS) is 57.0. The zero-order valence-electron chi connectivity index (χ0n) is 4.23. The first-order chi connectivity index (χ1) is 3.38. The van der Waals surface area contributed by atoms with Crippen LogP contribution in [0.25, 0.3) is 0 Å². The molecule has 7 heavy (non-hydrogen) atoms. The molecule has 0 aromatic heterocycles. The number of hydrogen-bond acceptors (Lipinski definition) is 0. The molecule has 0 aromatic rings. The maximum Gasteiger partial charge on any atom is 0.0141 e. The summed E-state index contributed by atoms with van der Waals surface area (Å²) in [7, 11) is 0. The molecule has 0 nitrogen and oxygen atoms in total. The van der Waals surface area contributed by atoms with Crippen LogP contribution in [-0.2, 0) is 0 Å². The zero-order valence-corrected chi connectivity index (χ0v) is 6.39. The Morgan fingerprint density at radius 3 is 2.29 bits per heavy atom. The summed E-state index contributed by atoms with van der Waals surface area (Å²) in [6.07, 6.45) is 4.61. The molecule has 0 spiro atoms. The van der Waals surface area contributed by atoms with E-state index in [0.717, 1.165) is 3.92 Å². The quantitative estimate of drug-likeness (QED) is 0.423. The van der Waals surface area contributed by atoms with Crippen LogP contribution in [0, 0.1) is 11.8 Å². The highest BCUT2D eigenvalue weighted by Crippen LogP contribution is 2.54. The van der Waals surface area contributed by atoms with E-state index < -0.39 is 0 Å². The summed E-state index contributed by atoms with van der Waals surface area (Å²) in [6, 6.07) is 0. The molecule has 0 radical (unpaired) electrons. The van der Waals surface area contributed by atoms with Gasteiger partial charge in [-0.3, -0.25) is 0 Å². The summed E-state index contributed by atoms with van der Waals surface area (Å²) < 4.78 is 1.06. The van der Waals surface area contributed by atoms with Crippen molar-refractivity contribution in [1.29, 1.82) is 0 Å². The van der Waals surface area contributed by atoms with E-state index in [1.54, 1.807) is 6.42 Å². The van der Waals surface area contributed by atoms with Gasteiger partial charge in [-0.05, 0) is 31.1 Å². The Morgan fingerprint density at radius 2 is 2.14 bits per heavy atom. The zero-order chi connectivity index (χ0) is 4.85. The summed E-state index contributed by atoms with van der Waals surface area (Å²) in [5.74, 6) is 2.35. The van der Waals surface area contributed by atoms with E-state index in [9.17, 15) is 0 Å². The van der Waals surface area contributed by atoms with Gasteiger partial charge in [0, 0.05) is 3.92 Å². The van der Waals surface area contributed by atoms with E-state index in [0.29, 0.717) is 0 Å². The molecule has 0 aliphatic heterocycles. The van der Waals surface area contributed by atoms with Gasteiger partial charge in [0.1, 0.15) is 0 Å². The third kappa shape index (κ3) is 0.609. The first-order valence-corrected chi connectivity index (χ1v) is 4.26. The molecule has 2 fully saturated rings. The van der Waals surface area contributed by atoms with E-state index in [2.05, 4.69) is 22.6 Å². The van der Waals surface area contributed by atoms with E-state index in [1.165, 1.54) is 24.7 Å². The first kappa shape index (κ1) is 4.59. The van der Waals surface area contributed by atoms with Crippen molar-refractivity contribution in [3.63, 3.8) is 0 Å². The van der Waals surface area contributed by atoms with Gasteiger partial charge in [-0.1, -0.05) is 22.6 Å². The molecule has 3 atom stereocenters. The number of alkyl halides is 1. The molecular weight excluding hydrogens is 199 g/mol. The van der Waals surface area contributed by atoms with Crippen LogP contribution in [0.1, 0.15) is 19.3 Å². The summed E-state index contributed by atoms with van der Waals surface area (Å²) >= 11 is 2.60. The van der Waals surface area contributed by atoms with Crippen LogP contribution in [0.5, 0.6) is 0 Å². The molecule has 0 heterocycles. The fraction of sp³-hybridized carbons (Fsp3) is 1.00. The predicted octanol–water partition coefficient (Wildman–Crippen LogP) is 2.22. The van der Waals surface area contributed by atoms with Crippen LogP contribution in [-0.4, -0.2) is 3.92 Å². The fourth-order valence-electron chi connectivity index (χ4n) is 1.63. The molecule has 0 bridgehead atoms. The van der Waals surface area contributed by atoms with Crippen LogP contribution in [0.3, 0.4) is 0 Å². The van der Waals surface area contributed by atoms with Crippen molar-refractivity contribution in [2.75, 3.05) is 0 Å². The Hall–Kier alpha value is 0.730. The van der Waals surface area contributed by atoms with Gasteiger partial charge in [0.25, 0.3) is 0 Å².